The van der Waals surface area contributed by atoms with E-state index in [0.717, 1.165) is 0 Å². The van der Waals surface area contributed by atoms with Crippen LogP contribution in [0.5, 0.6) is 0 Å². The Morgan fingerprint density at radius 3 is 2.45 bits per heavy atom. The molecule has 22 heavy (non-hydrogen) atoms. The second-order valence-corrected chi connectivity index (χ2v) is 7.47. The predicted octanol–water partition coefficient (Wildman–Crippen LogP) is 3.26. The number of sulfonamides is 1. The molecule has 114 valence electrons. The van der Waals surface area contributed by atoms with Crippen molar-refractivity contribution in [3.8, 4) is 0 Å². The number of ketones is 1. The number of Topliss-reactive ketones (excluding diaryl/α,β-unsaturated/α-hetero) is 1. The van der Waals surface area contributed by atoms with Crippen molar-refractivity contribution >= 4 is 33.1 Å². The maximum Gasteiger partial charge on any atom is 0.239 e. The second-order valence-electron chi connectivity index (χ2n) is 5.15. The highest BCUT2D eigenvalue weighted by Gasteiger charge is 2.30. The zero-order valence-electron chi connectivity index (χ0n) is 11.7. The van der Waals surface area contributed by atoms with Crippen LogP contribution in [0, 0.1) is 0 Å². The van der Waals surface area contributed by atoms with Crippen molar-refractivity contribution < 1.29 is 13.2 Å². The molecule has 0 N–H and O–H groups in total. The fourth-order valence-corrected chi connectivity index (χ4v) is 4.27. The number of carbonyl (C=O) groups excluding carboxylic acids is 1. The lowest BCUT2D eigenvalue weighted by molar-refractivity contribution is 0.0982. The fraction of sp³-hybridized carbons (Fsp3) is 0.188. The Hall–Kier alpha value is -1.85. The third kappa shape index (κ3) is 2.87. The standard InChI is InChI=1S/C16H14ClNO3S/c17-13-7-5-12(6-8-13)11-22(20,21)18-10-9-16(19)14-3-1-2-4-15(14)18/h1-8H,9-11H2. The minimum absolute atomic E-state index is 0.0199. The molecule has 0 aliphatic carbocycles. The number of hydrogen-bond acceptors (Lipinski definition) is 3. The van der Waals surface area contributed by atoms with Gasteiger partial charge in [-0.25, -0.2) is 8.42 Å². The van der Waals surface area contributed by atoms with Crippen molar-refractivity contribution in [2.75, 3.05) is 10.8 Å². The van der Waals surface area contributed by atoms with Crippen LogP contribution in [0.25, 0.3) is 0 Å². The predicted molar refractivity (Wildman–Crippen MR) is 86.8 cm³/mol. The average Bonchev–Trinajstić information content (AvgIpc) is 2.50. The molecule has 0 bridgehead atoms. The van der Waals surface area contributed by atoms with E-state index in [1.165, 1.54) is 4.31 Å². The van der Waals surface area contributed by atoms with Crippen molar-refractivity contribution in [3.63, 3.8) is 0 Å². The number of carbonyl (C=O) groups is 1. The van der Waals surface area contributed by atoms with E-state index in [1.807, 2.05) is 0 Å². The third-order valence-electron chi connectivity index (χ3n) is 3.61. The molecule has 0 amide bonds. The molecule has 1 aliphatic heterocycles. The van der Waals surface area contributed by atoms with Gasteiger partial charge < -0.3 is 0 Å². The Labute approximate surface area is 134 Å². The molecule has 0 aromatic heterocycles. The van der Waals surface area contributed by atoms with Crippen LogP contribution in [0.15, 0.2) is 48.5 Å². The van der Waals surface area contributed by atoms with Gasteiger partial charge in [0.05, 0.1) is 11.4 Å². The van der Waals surface area contributed by atoms with E-state index in [4.69, 9.17) is 11.6 Å². The van der Waals surface area contributed by atoms with Gasteiger partial charge in [-0.05, 0) is 29.8 Å². The molecule has 0 fully saturated rings. The molecule has 3 rings (SSSR count). The highest BCUT2D eigenvalue weighted by atomic mass is 35.5. The van der Waals surface area contributed by atoms with Crippen LogP contribution in [0.1, 0.15) is 22.3 Å². The third-order valence-corrected chi connectivity index (χ3v) is 5.61. The maximum atomic E-state index is 12.7. The normalized spacial score (nSPS) is 14.8. The molecule has 2 aromatic carbocycles. The summed E-state index contributed by atoms with van der Waals surface area (Å²) in [7, 11) is -3.55. The van der Waals surface area contributed by atoms with Crippen LogP contribution in [-0.4, -0.2) is 20.7 Å². The zero-order chi connectivity index (χ0) is 15.7. The summed E-state index contributed by atoms with van der Waals surface area (Å²) in [6, 6.07) is 13.5. The summed E-state index contributed by atoms with van der Waals surface area (Å²) in [6.07, 6.45) is 0.205. The van der Waals surface area contributed by atoms with Gasteiger partial charge in [-0.2, -0.15) is 0 Å². The van der Waals surface area contributed by atoms with E-state index in [0.29, 0.717) is 21.8 Å². The topological polar surface area (TPSA) is 54.5 Å². The van der Waals surface area contributed by atoms with Crippen molar-refractivity contribution in [3.05, 3.63) is 64.7 Å². The Bertz CT molecular complexity index is 816. The molecule has 0 spiro atoms. The van der Waals surface area contributed by atoms with Gasteiger partial charge in [-0.3, -0.25) is 9.10 Å². The summed E-state index contributed by atoms with van der Waals surface area (Å²) >= 11 is 5.82. The van der Waals surface area contributed by atoms with Gasteiger partial charge in [-0.1, -0.05) is 35.9 Å². The summed E-state index contributed by atoms with van der Waals surface area (Å²) in [5.41, 5.74) is 1.60. The molecule has 1 heterocycles. The molecule has 2 aromatic rings. The van der Waals surface area contributed by atoms with Crippen molar-refractivity contribution in [2.45, 2.75) is 12.2 Å². The first kappa shape index (κ1) is 15.1. The van der Waals surface area contributed by atoms with E-state index in [1.54, 1.807) is 48.5 Å². The van der Waals surface area contributed by atoms with Crippen LogP contribution < -0.4 is 4.31 Å². The maximum absolute atomic E-state index is 12.7. The van der Waals surface area contributed by atoms with Crippen LogP contribution in [0.3, 0.4) is 0 Å². The number of fused-ring (bicyclic) bond motifs is 1. The van der Waals surface area contributed by atoms with Gasteiger partial charge in [-0.15, -0.1) is 0 Å². The van der Waals surface area contributed by atoms with Gasteiger partial charge in [0.15, 0.2) is 5.78 Å². The summed E-state index contributed by atoms with van der Waals surface area (Å²) < 4.78 is 26.7. The summed E-state index contributed by atoms with van der Waals surface area (Å²) in [5, 5.41) is 0.565. The quantitative estimate of drug-likeness (QED) is 0.865. The van der Waals surface area contributed by atoms with Crippen molar-refractivity contribution in [2.24, 2.45) is 0 Å². The first-order chi connectivity index (χ1) is 10.5. The molecular formula is C16H14ClNO3S. The molecule has 0 atom stereocenters. The zero-order valence-corrected chi connectivity index (χ0v) is 13.3. The van der Waals surface area contributed by atoms with E-state index in [9.17, 15) is 13.2 Å². The highest BCUT2D eigenvalue weighted by Crippen LogP contribution is 2.30. The van der Waals surface area contributed by atoms with Crippen LogP contribution in [0.4, 0.5) is 5.69 Å². The number of halogens is 1. The first-order valence-corrected chi connectivity index (χ1v) is 8.83. The fourth-order valence-electron chi connectivity index (χ4n) is 2.54. The number of nitrogens with zero attached hydrogens (tertiary/aromatic N) is 1. The minimum atomic E-state index is -3.55. The lowest BCUT2D eigenvalue weighted by Gasteiger charge is -2.29. The summed E-state index contributed by atoms with van der Waals surface area (Å²) in [4.78, 5) is 11.9. The summed E-state index contributed by atoms with van der Waals surface area (Å²) in [6.45, 7) is 0.186. The molecule has 0 saturated carbocycles. The number of para-hydroxylation sites is 1. The molecular weight excluding hydrogens is 322 g/mol. The first-order valence-electron chi connectivity index (χ1n) is 6.84. The van der Waals surface area contributed by atoms with E-state index < -0.39 is 10.0 Å². The van der Waals surface area contributed by atoms with E-state index >= 15 is 0 Å². The van der Waals surface area contributed by atoms with Gasteiger partial charge in [0.25, 0.3) is 0 Å². The second kappa shape index (κ2) is 5.74. The molecule has 0 unspecified atom stereocenters. The van der Waals surface area contributed by atoms with Crippen LogP contribution >= 0.6 is 11.6 Å². The Morgan fingerprint density at radius 2 is 1.73 bits per heavy atom. The van der Waals surface area contributed by atoms with Gasteiger partial charge in [0, 0.05) is 23.6 Å². The lowest BCUT2D eigenvalue weighted by atomic mass is 10.0. The van der Waals surface area contributed by atoms with Gasteiger partial charge in [0.1, 0.15) is 0 Å². The number of hydrogen-bond donors (Lipinski definition) is 0. The van der Waals surface area contributed by atoms with E-state index in [2.05, 4.69) is 0 Å². The Kier molecular flexibility index (Phi) is 3.93. The van der Waals surface area contributed by atoms with Gasteiger partial charge in [0.2, 0.25) is 10.0 Å². The number of anilines is 1. The van der Waals surface area contributed by atoms with Crippen LogP contribution in [0.2, 0.25) is 5.02 Å². The van der Waals surface area contributed by atoms with Crippen molar-refractivity contribution in [1.29, 1.82) is 0 Å². The Morgan fingerprint density at radius 1 is 1.05 bits per heavy atom. The SMILES string of the molecule is O=C1CCN(S(=O)(=O)Cc2ccc(Cl)cc2)c2ccccc21. The highest BCUT2D eigenvalue weighted by molar-refractivity contribution is 7.92. The lowest BCUT2D eigenvalue weighted by Crippen LogP contribution is -2.38. The average molecular weight is 336 g/mol. The van der Waals surface area contributed by atoms with Gasteiger partial charge >= 0.3 is 0 Å². The molecule has 1 aliphatic rings. The largest absolute Gasteiger partial charge is 0.294 e. The molecule has 6 heteroatoms. The molecule has 0 radical (unpaired) electrons. The molecule has 4 nitrogen and oxygen atoms in total. The monoisotopic (exact) mass is 335 g/mol. The smallest absolute Gasteiger partial charge is 0.239 e. The van der Waals surface area contributed by atoms with Crippen LogP contribution in [-0.2, 0) is 15.8 Å². The summed E-state index contributed by atoms with van der Waals surface area (Å²) in [5.74, 6) is -0.138. The number of benzene rings is 2. The minimum Gasteiger partial charge on any atom is -0.294 e. The number of rotatable bonds is 3. The molecule has 0 saturated heterocycles. The Balaban J connectivity index is 1.94. The van der Waals surface area contributed by atoms with Crippen molar-refractivity contribution in [1.82, 2.24) is 0 Å². The van der Waals surface area contributed by atoms with E-state index in [-0.39, 0.29) is 24.5 Å².